The van der Waals surface area contributed by atoms with E-state index in [1.165, 1.54) is 18.8 Å². The lowest BCUT2D eigenvalue weighted by atomic mass is 10.1. The number of oxazole rings is 1. The van der Waals surface area contributed by atoms with Gasteiger partial charge in [0.05, 0.1) is 0 Å². The Morgan fingerprint density at radius 1 is 1.44 bits per heavy atom. The molecule has 0 aliphatic carbocycles. The first-order chi connectivity index (χ1) is 7.65. The van der Waals surface area contributed by atoms with Crippen LogP contribution in [-0.2, 0) is 6.42 Å². The number of aromatic nitrogens is 1. The molecule has 0 radical (unpaired) electrons. The second-order valence-electron chi connectivity index (χ2n) is 3.85. The van der Waals surface area contributed by atoms with Crippen LogP contribution in [0.25, 0.3) is 0 Å². The number of ketones is 1. The molecule has 0 unspecified atom stereocenters. The van der Waals surface area contributed by atoms with Crippen LogP contribution in [-0.4, -0.2) is 10.8 Å². The number of aryl methyl sites for hydroxylation is 1. The fraction of sp³-hybridized carbons (Fsp3) is 0.231. The maximum absolute atomic E-state index is 11.0. The first-order valence-electron chi connectivity index (χ1n) is 5.16. The van der Waals surface area contributed by atoms with Crippen LogP contribution in [0, 0.1) is 6.92 Å². The number of hydrogen-bond donors (Lipinski definition) is 0. The molecular formula is C13H13NO2. The number of benzene rings is 1. The first kappa shape index (κ1) is 10.6. The molecule has 2 aromatic rings. The highest BCUT2D eigenvalue weighted by Gasteiger charge is 2.08. The summed E-state index contributed by atoms with van der Waals surface area (Å²) in [5.74, 6) is 0.509. The van der Waals surface area contributed by atoms with Crippen molar-refractivity contribution >= 4 is 5.78 Å². The van der Waals surface area contributed by atoms with Crippen molar-refractivity contribution in [1.29, 1.82) is 0 Å². The highest BCUT2D eigenvalue weighted by Crippen LogP contribution is 2.11. The summed E-state index contributed by atoms with van der Waals surface area (Å²) in [5, 5.41) is 0. The van der Waals surface area contributed by atoms with E-state index in [1.807, 2.05) is 25.1 Å². The molecule has 1 aromatic carbocycles. The third-order valence-corrected chi connectivity index (χ3v) is 2.35. The Labute approximate surface area is 94.1 Å². The Bertz CT molecular complexity index is 514. The zero-order chi connectivity index (χ0) is 11.5. The molecule has 0 saturated carbocycles. The molecule has 0 atom stereocenters. The maximum Gasteiger partial charge on any atom is 0.199 e. The summed E-state index contributed by atoms with van der Waals surface area (Å²) in [6.45, 7) is 3.52. The molecule has 0 amide bonds. The van der Waals surface area contributed by atoms with Gasteiger partial charge in [0.1, 0.15) is 12.0 Å². The van der Waals surface area contributed by atoms with Gasteiger partial charge in [-0.3, -0.25) is 4.79 Å². The van der Waals surface area contributed by atoms with E-state index in [9.17, 15) is 4.79 Å². The van der Waals surface area contributed by atoms with E-state index in [4.69, 9.17) is 4.42 Å². The third-order valence-electron chi connectivity index (χ3n) is 2.35. The molecule has 0 spiro atoms. The monoisotopic (exact) mass is 215 g/mol. The summed E-state index contributed by atoms with van der Waals surface area (Å²) in [6, 6.07) is 8.14. The molecule has 16 heavy (non-hydrogen) atoms. The van der Waals surface area contributed by atoms with Gasteiger partial charge in [-0.05, 0) is 12.5 Å². The van der Waals surface area contributed by atoms with E-state index in [0.717, 1.165) is 5.56 Å². The lowest BCUT2D eigenvalue weighted by molar-refractivity contribution is 0.101. The Morgan fingerprint density at radius 2 is 2.25 bits per heavy atom. The van der Waals surface area contributed by atoms with E-state index in [0.29, 0.717) is 18.0 Å². The maximum atomic E-state index is 11.0. The topological polar surface area (TPSA) is 43.1 Å². The summed E-state index contributed by atoms with van der Waals surface area (Å²) in [6.07, 6.45) is 2.03. The van der Waals surface area contributed by atoms with Gasteiger partial charge >= 0.3 is 0 Å². The summed E-state index contributed by atoms with van der Waals surface area (Å²) in [7, 11) is 0. The van der Waals surface area contributed by atoms with Gasteiger partial charge < -0.3 is 4.42 Å². The van der Waals surface area contributed by atoms with Gasteiger partial charge in [0.15, 0.2) is 11.7 Å². The number of nitrogens with zero attached hydrogens (tertiary/aromatic N) is 1. The average molecular weight is 215 g/mol. The molecule has 0 aliphatic rings. The first-order valence-corrected chi connectivity index (χ1v) is 5.16. The van der Waals surface area contributed by atoms with Crippen LogP contribution in [0.15, 0.2) is 34.9 Å². The Balaban J connectivity index is 2.17. The molecule has 0 fully saturated rings. The fourth-order valence-corrected chi connectivity index (χ4v) is 1.55. The van der Waals surface area contributed by atoms with Crippen molar-refractivity contribution in [3.05, 3.63) is 53.2 Å². The van der Waals surface area contributed by atoms with Crippen molar-refractivity contribution in [2.75, 3.05) is 0 Å². The number of rotatable bonds is 3. The lowest BCUT2D eigenvalue weighted by Gasteiger charge is -1.98. The van der Waals surface area contributed by atoms with Crippen LogP contribution < -0.4 is 0 Å². The summed E-state index contributed by atoms with van der Waals surface area (Å²) < 4.78 is 5.24. The van der Waals surface area contributed by atoms with Gasteiger partial charge in [0.25, 0.3) is 0 Å². The van der Waals surface area contributed by atoms with Crippen LogP contribution in [0.4, 0.5) is 0 Å². The minimum absolute atomic E-state index is 0.0701. The van der Waals surface area contributed by atoms with Crippen LogP contribution in [0.3, 0.4) is 0 Å². The molecule has 3 heteroatoms. The highest BCUT2D eigenvalue weighted by molar-refractivity contribution is 5.91. The van der Waals surface area contributed by atoms with E-state index < -0.39 is 0 Å². The highest BCUT2D eigenvalue weighted by atomic mass is 16.3. The Kier molecular flexibility index (Phi) is 2.86. The Hall–Kier alpha value is -1.90. The van der Waals surface area contributed by atoms with Crippen LogP contribution in [0.2, 0.25) is 0 Å². The van der Waals surface area contributed by atoms with Crippen molar-refractivity contribution in [2.24, 2.45) is 0 Å². The van der Waals surface area contributed by atoms with Gasteiger partial charge in [-0.1, -0.05) is 29.8 Å². The zero-order valence-corrected chi connectivity index (χ0v) is 9.36. The SMILES string of the molecule is CC(=O)c1coc(Cc2cccc(C)c2)n1. The number of carbonyl (C=O) groups is 1. The molecule has 0 bridgehead atoms. The lowest BCUT2D eigenvalue weighted by Crippen LogP contribution is -1.94. The molecule has 3 nitrogen and oxygen atoms in total. The van der Waals surface area contributed by atoms with Crippen molar-refractivity contribution in [3.8, 4) is 0 Å². The quantitative estimate of drug-likeness (QED) is 0.739. The largest absolute Gasteiger partial charge is 0.448 e. The second kappa shape index (κ2) is 4.31. The standard InChI is InChI=1S/C13H13NO2/c1-9-4-3-5-11(6-9)7-13-14-12(8-16-13)10(2)15/h3-6,8H,7H2,1-2H3. The molecule has 1 aromatic heterocycles. The van der Waals surface area contributed by atoms with Crippen LogP contribution >= 0.6 is 0 Å². The predicted octanol–water partition coefficient (Wildman–Crippen LogP) is 2.78. The van der Waals surface area contributed by atoms with Gasteiger partial charge in [0, 0.05) is 13.3 Å². The molecule has 0 aliphatic heterocycles. The smallest absolute Gasteiger partial charge is 0.199 e. The van der Waals surface area contributed by atoms with Gasteiger partial charge in [-0.2, -0.15) is 0 Å². The zero-order valence-electron chi connectivity index (χ0n) is 9.36. The fourth-order valence-electron chi connectivity index (χ4n) is 1.55. The van der Waals surface area contributed by atoms with E-state index >= 15 is 0 Å². The van der Waals surface area contributed by atoms with Crippen molar-refractivity contribution in [2.45, 2.75) is 20.3 Å². The number of hydrogen-bond acceptors (Lipinski definition) is 3. The summed E-state index contributed by atoms with van der Waals surface area (Å²) in [5.41, 5.74) is 2.73. The summed E-state index contributed by atoms with van der Waals surface area (Å²) >= 11 is 0. The molecule has 0 N–H and O–H groups in total. The number of carbonyl (C=O) groups excluding carboxylic acids is 1. The van der Waals surface area contributed by atoms with Crippen molar-refractivity contribution in [3.63, 3.8) is 0 Å². The molecule has 0 saturated heterocycles. The Morgan fingerprint density at radius 3 is 2.88 bits per heavy atom. The van der Waals surface area contributed by atoms with Crippen molar-refractivity contribution < 1.29 is 9.21 Å². The predicted molar refractivity (Wildman–Crippen MR) is 60.5 cm³/mol. The van der Waals surface area contributed by atoms with Crippen LogP contribution in [0.1, 0.15) is 34.4 Å². The molecule has 1 heterocycles. The third kappa shape index (κ3) is 2.37. The molecular weight excluding hydrogens is 202 g/mol. The minimum Gasteiger partial charge on any atom is -0.448 e. The van der Waals surface area contributed by atoms with E-state index in [2.05, 4.69) is 11.1 Å². The average Bonchev–Trinajstić information content (AvgIpc) is 2.66. The summed E-state index contributed by atoms with van der Waals surface area (Å²) in [4.78, 5) is 15.2. The van der Waals surface area contributed by atoms with Crippen molar-refractivity contribution in [1.82, 2.24) is 4.98 Å². The van der Waals surface area contributed by atoms with Gasteiger partial charge in [0.2, 0.25) is 0 Å². The minimum atomic E-state index is -0.0701. The van der Waals surface area contributed by atoms with Gasteiger partial charge in [-0.15, -0.1) is 0 Å². The normalized spacial score (nSPS) is 10.4. The van der Waals surface area contributed by atoms with Gasteiger partial charge in [-0.25, -0.2) is 4.98 Å². The van der Waals surface area contributed by atoms with Crippen LogP contribution in [0.5, 0.6) is 0 Å². The van der Waals surface area contributed by atoms with E-state index in [-0.39, 0.29) is 5.78 Å². The molecule has 82 valence electrons. The second-order valence-corrected chi connectivity index (χ2v) is 3.85. The number of Topliss-reactive ketones (excluding diaryl/α,β-unsaturated/α-hetero) is 1. The molecule has 2 rings (SSSR count). The van der Waals surface area contributed by atoms with E-state index in [1.54, 1.807) is 0 Å².